The van der Waals surface area contributed by atoms with Gasteiger partial charge in [-0.3, -0.25) is 9.69 Å². The van der Waals surface area contributed by atoms with Crippen molar-refractivity contribution in [2.75, 3.05) is 6.54 Å². The largest absolute Gasteiger partial charge is 0.353 e. The Labute approximate surface area is 169 Å². The summed E-state index contributed by atoms with van der Waals surface area (Å²) in [5.41, 5.74) is 3.75. The first-order chi connectivity index (χ1) is 13.4. The Morgan fingerprint density at radius 3 is 2.25 bits per heavy atom. The van der Waals surface area contributed by atoms with Crippen LogP contribution in [0.5, 0.6) is 0 Å². The first kappa shape index (κ1) is 20.6. The lowest BCUT2D eigenvalue weighted by atomic mass is 10.0. The van der Waals surface area contributed by atoms with Crippen LogP contribution in [0.25, 0.3) is 11.1 Å². The number of rotatable bonds is 7. The molecule has 0 bridgehead atoms. The van der Waals surface area contributed by atoms with Crippen molar-refractivity contribution >= 4 is 5.91 Å². The quantitative estimate of drug-likeness (QED) is 0.769. The van der Waals surface area contributed by atoms with E-state index in [1.165, 1.54) is 16.7 Å². The van der Waals surface area contributed by atoms with Crippen LogP contribution in [0.15, 0.2) is 54.6 Å². The van der Waals surface area contributed by atoms with E-state index in [1.807, 2.05) is 19.9 Å². The lowest BCUT2D eigenvalue weighted by Crippen LogP contribution is -2.47. The van der Waals surface area contributed by atoms with E-state index in [1.54, 1.807) is 0 Å². The van der Waals surface area contributed by atoms with Gasteiger partial charge in [-0.2, -0.15) is 0 Å². The average molecular weight is 380 g/mol. The van der Waals surface area contributed by atoms with Crippen LogP contribution in [0.4, 0.5) is 0 Å². The molecule has 0 spiro atoms. The number of carbonyl (C=O) groups is 1. The van der Waals surface area contributed by atoms with Crippen LogP contribution in [0.1, 0.15) is 39.7 Å². The zero-order valence-corrected chi connectivity index (χ0v) is 17.5. The van der Waals surface area contributed by atoms with Crippen LogP contribution >= 0.6 is 0 Å². The summed E-state index contributed by atoms with van der Waals surface area (Å²) in [4.78, 5) is 14.9. The molecule has 1 fully saturated rings. The first-order valence-electron chi connectivity index (χ1n) is 10.4. The van der Waals surface area contributed by atoms with Gasteiger partial charge in [0.15, 0.2) is 0 Å². The van der Waals surface area contributed by atoms with Crippen LogP contribution in [0, 0.1) is 0 Å². The summed E-state index contributed by atoms with van der Waals surface area (Å²) in [5, 5.41) is 6.74. The molecule has 4 nitrogen and oxygen atoms in total. The molecule has 1 aliphatic rings. The molecular weight excluding hydrogens is 346 g/mol. The van der Waals surface area contributed by atoms with Crippen molar-refractivity contribution in [3.63, 3.8) is 0 Å². The Balaban J connectivity index is 1.57. The van der Waals surface area contributed by atoms with Crippen LogP contribution < -0.4 is 10.6 Å². The summed E-state index contributed by atoms with van der Waals surface area (Å²) in [5.74, 6) is 0.153. The molecule has 0 aromatic heterocycles. The highest BCUT2D eigenvalue weighted by molar-refractivity contribution is 5.82. The van der Waals surface area contributed by atoms with Gasteiger partial charge in [0.25, 0.3) is 0 Å². The number of nitrogens with one attached hydrogen (secondary N) is 2. The minimum atomic E-state index is -0.0413. The summed E-state index contributed by atoms with van der Waals surface area (Å²) in [6, 6.07) is 20.0. The van der Waals surface area contributed by atoms with E-state index < -0.39 is 0 Å². The molecule has 1 aliphatic heterocycles. The Bertz CT molecular complexity index is 755. The minimum absolute atomic E-state index is 0.0413. The Morgan fingerprint density at radius 1 is 1.00 bits per heavy atom. The zero-order valence-electron chi connectivity index (χ0n) is 17.5. The van der Waals surface area contributed by atoms with Crippen molar-refractivity contribution in [1.82, 2.24) is 15.5 Å². The molecule has 2 atom stereocenters. The Morgan fingerprint density at radius 2 is 1.64 bits per heavy atom. The number of hydrogen-bond acceptors (Lipinski definition) is 3. The molecular formula is C24H33N3O. The molecule has 4 heteroatoms. The molecule has 1 saturated heterocycles. The van der Waals surface area contributed by atoms with Gasteiger partial charge in [0.1, 0.15) is 0 Å². The predicted molar refractivity (Wildman–Crippen MR) is 116 cm³/mol. The van der Waals surface area contributed by atoms with Gasteiger partial charge >= 0.3 is 0 Å². The molecule has 28 heavy (non-hydrogen) atoms. The Kier molecular flexibility index (Phi) is 6.87. The maximum Gasteiger partial charge on any atom is 0.237 e. The van der Waals surface area contributed by atoms with Crippen molar-refractivity contribution in [3.8, 4) is 11.1 Å². The second kappa shape index (κ2) is 9.35. The highest BCUT2D eigenvalue weighted by Crippen LogP contribution is 2.22. The van der Waals surface area contributed by atoms with Crippen LogP contribution in [0.3, 0.4) is 0 Å². The fraction of sp³-hybridized carbons (Fsp3) is 0.458. The molecule has 1 heterocycles. The lowest BCUT2D eigenvalue weighted by molar-refractivity contribution is -0.126. The minimum Gasteiger partial charge on any atom is -0.353 e. The summed E-state index contributed by atoms with van der Waals surface area (Å²) >= 11 is 0. The number of nitrogens with zero attached hydrogens (tertiary/aromatic N) is 1. The summed E-state index contributed by atoms with van der Waals surface area (Å²) < 4.78 is 0. The maximum absolute atomic E-state index is 12.6. The highest BCUT2D eigenvalue weighted by atomic mass is 16.2. The van der Waals surface area contributed by atoms with E-state index >= 15 is 0 Å². The van der Waals surface area contributed by atoms with Gasteiger partial charge in [-0.05, 0) is 50.8 Å². The molecule has 2 N–H and O–H groups in total. The second-order valence-electron chi connectivity index (χ2n) is 8.35. The van der Waals surface area contributed by atoms with E-state index in [2.05, 4.69) is 77.9 Å². The van der Waals surface area contributed by atoms with Crippen molar-refractivity contribution < 1.29 is 4.79 Å². The van der Waals surface area contributed by atoms with Gasteiger partial charge in [0, 0.05) is 31.2 Å². The summed E-state index contributed by atoms with van der Waals surface area (Å²) in [6.07, 6.45) is 0.860. The van der Waals surface area contributed by atoms with Crippen LogP contribution in [-0.4, -0.2) is 41.5 Å². The van der Waals surface area contributed by atoms with E-state index in [-0.39, 0.29) is 18.0 Å². The fourth-order valence-electron chi connectivity index (χ4n) is 3.93. The molecule has 2 aromatic carbocycles. The number of amides is 1. The maximum atomic E-state index is 12.6. The normalized spacial score (nSPS) is 20.1. The molecule has 0 aliphatic carbocycles. The first-order valence-corrected chi connectivity index (χ1v) is 10.4. The molecule has 0 radical (unpaired) electrons. The van der Waals surface area contributed by atoms with Crippen molar-refractivity contribution in [2.45, 2.75) is 64.8 Å². The standard InChI is InChI=1S/C24H33N3O/c1-17(2)26-24(28)23-14-22(16-27(23)18(3)4)25-15-19-10-12-21(13-11-19)20-8-6-5-7-9-20/h5-13,17-18,22-23,25H,14-16H2,1-4H3,(H,26,28)/t22-,23+/m1/s1. The van der Waals surface area contributed by atoms with E-state index in [0.29, 0.717) is 12.1 Å². The number of carbonyl (C=O) groups excluding carboxylic acids is 1. The van der Waals surface area contributed by atoms with Crippen molar-refractivity contribution in [3.05, 3.63) is 60.2 Å². The Hall–Kier alpha value is -2.17. The third-order valence-electron chi connectivity index (χ3n) is 5.39. The van der Waals surface area contributed by atoms with Crippen LogP contribution in [0.2, 0.25) is 0 Å². The number of benzene rings is 2. The summed E-state index contributed by atoms with van der Waals surface area (Å²) in [6.45, 7) is 10.1. The molecule has 3 rings (SSSR count). The van der Waals surface area contributed by atoms with E-state index in [4.69, 9.17) is 0 Å². The average Bonchev–Trinajstić information content (AvgIpc) is 3.12. The third-order valence-corrected chi connectivity index (χ3v) is 5.39. The zero-order chi connectivity index (χ0) is 20.1. The third kappa shape index (κ3) is 5.21. The van der Waals surface area contributed by atoms with Crippen molar-refractivity contribution in [2.24, 2.45) is 0 Å². The number of likely N-dealkylation sites (tertiary alicyclic amines) is 1. The summed E-state index contributed by atoms with van der Waals surface area (Å²) in [7, 11) is 0. The van der Waals surface area contributed by atoms with Gasteiger partial charge in [0.2, 0.25) is 5.91 Å². The van der Waals surface area contributed by atoms with Gasteiger partial charge < -0.3 is 10.6 Å². The van der Waals surface area contributed by atoms with E-state index in [0.717, 1.165) is 19.5 Å². The SMILES string of the molecule is CC(C)NC(=O)[C@@H]1C[C@@H](NCc2ccc(-c3ccccc3)cc2)CN1C(C)C. The van der Waals surface area contributed by atoms with Crippen molar-refractivity contribution in [1.29, 1.82) is 0 Å². The van der Waals surface area contributed by atoms with Gasteiger partial charge in [-0.25, -0.2) is 0 Å². The number of hydrogen-bond donors (Lipinski definition) is 2. The monoisotopic (exact) mass is 379 g/mol. The van der Waals surface area contributed by atoms with Gasteiger partial charge in [0.05, 0.1) is 6.04 Å². The molecule has 1 amide bonds. The van der Waals surface area contributed by atoms with Crippen LogP contribution in [-0.2, 0) is 11.3 Å². The molecule has 2 aromatic rings. The predicted octanol–water partition coefficient (Wildman–Crippen LogP) is 3.82. The molecule has 150 valence electrons. The molecule has 0 unspecified atom stereocenters. The van der Waals surface area contributed by atoms with Gasteiger partial charge in [-0.1, -0.05) is 54.6 Å². The van der Waals surface area contributed by atoms with E-state index in [9.17, 15) is 4.79 Å². The molecule has 0 saturated carbocycles. The van der Waals surface area contributed by atoms with Gasteiger partial charge in [-0.15, -0.1) is 0 Å². The highest BCUT2D eigenvalue weighted by Gasteiger charge is 2.37. The lowest BCUT2D eigenvalue weighted by Gasteiger charge is -2.27. The smallest absolute Gasteiger partial charge is 0.237 e. The topological polar surface area (TPSA) is 44.4 Å². The second-order valence-corrected chi connectivity index (χ2v) is 8.35. The fourth-order valence-corrected chi connectivity index (χ4v) is 3.93.